The molecule has 0 N–H and O–H groups in total. The van der Waals surface area contributed by atoms with Gasteiger partial charge in [0, 0.05) is 47.8 Å². The second-order valence-corrected chi connectivity index (χ2v) is 13.1. The summed E-state index contributed by atoms with van der Waals surface area (Å²) >= 11 is 0. The molecule has 7 heteroatoms. The van der Waals surface area contributed by atoms with Gasteiger partial charge in [-0.1, -0.05) is 71.3 Å². The lowest BCUT2D eigenvalue weighted by molar-refractivity contribution is 1.07. The molecule has 7 nitrogen and oxygen atoms in total. The molecule has 0 unspecified atom stereocenters. The van der Waals surface area contributed by atoms with Crippen molar-refractivity contribution in [2.75, 3.05) is 14.7 Å². The van der Waals surface area contributed by atoms with E-state index in [1.165, 1.54) is 16.7 Å². The number of anilines is 9. The topological polar surface area (TPSA) is 61.3 Å². The highest BCUT2D eigenvalue weighted by atomic mass is 15.3. The van der Waals surface area contributed by atoms with Crippen LogP contribution in [-0.4, -0.2) is 19.9 Å². The second kappa shape index (κ2) is 14.3. The highest BCUT2D eigenvalue weighted by Gasteiger charge is 2.24. The second-order valence-electron chi connectivity index (χ2n) is 13.1. The van der Waals surface area contributed by atoms with Crippen LogP contribution in [0.15, 0.2) is 140 Å². The zero-order valence-electron chi connectivity index (χ0n) is 29.9. The first-order chi connectivity index (χ1) is 24.7. The minimum Gasteiger partial charge on any atom is -0.295 e. The summed E-state index contributed by atoms with van der Waals surface area (Å²) in [5.74, 6) is 3.68. The zero-order valence-corrected chi connectivity index (χ0v) is 29.9. The predicted octanol–water partition coefficient (Wildman–Crippen LogP) is 11.5. The predicted molar refractivity (Wildman–Crippen MR) is 210 cm³/mol. The van der Waals surface area contributed by atoms with Gasteiger partial charge in [-0.3, -0.25) is 14.7 Å². The van der Waals surface area contributed by atoms with E-state index in [0.717, 1.165) is 56.9 Å². The van der Waals surface area contributed by atoms with E-state index < -0.39 is 0 Å². The van der Waals surface area contributed by atoms with Crippen molar-refractivity contribution in [2.45, 2.75) is 41.5 Å². The Morgan fingerprint density at radius 3 is 0.902 bits per heavy atom. The van der Waals surface area contributed by atoms with Crippen LogP contribution in [0, 0.1) is 41.5 Å². The molecule has 0 spiro atoms. The van der Waals surface area contributed by atoms with E-state index in [1.807, 2.05) is 44.6 Å². The first-order valence-corrected chi connectivity index (χ1v) is 17.1. The number of hydrogen-bond donors (Lipinski definition) is 0. The van der Waals surface area contributed by atoms with Crippen molar-refractivity contribution in [2.24, 2.45) is 0 Å². The Labute approximate surface area is 300 Å². The Bertz CT molecular complexity index is 1820. The molecule has 7 aromatic rings. The van der Waals surface area contributed by atoms with Crippen molar-refractivity contribution in [3.05, 3.63) is 173 Å². The molecule has 4 aromatic heterocycles. The number of benzene rings is 3. The third kappa shape index (κ3) is 7.33. The summed E-state index contributed by atoms with van der Waals surface area (Å²) in [6.45, 7) is 12.4. The van der Waals surface area contributed by atoms with Crippen LogP contribution in [0.2, 0.25) is 0 Å². The monoisotopic (exact) mass is 667 g/mol. The summed E-state index contributed by atoms with van der Waals surface area (Å²) in [7, 11) is 0. The lowest BCUT2D eigenvalue weighted by Crippen LogP contribution is -2.19. The number of nitrogens with zero attached hydrogens (tertiary/aromatic N) is 7. The van der Waals surface area contributed by atoms with Crippen LogP contribution in [-0.2, 0) is 0 Å². The van der Waals surface area contributed by atoms with Gasteiger partial charge in [0.25, 0.3) is 0 Å². The molecule has 0 atom stereocenters. The molecule has 0 saturated carbocycles. The lowest BCUT2D eigenvalue weighted by atomic mass is 10.1. The molecule has 0 aliphatic rings. The lowest BCUT2D eigenvalue weighted by Gasteiger charge is -2.31. The van der Waals surface area contributed by atoms with E-state index in [0.29, 0.717) is 11.6 Å². The Hall–Kier alpha value is -6.34. The van der Waals surface area contributed by atoms with Crippen LogP contribution in [0.1, 0.15) is 33.4 Å². The number of pyridine rings is 4. The van der Waals surface area contributed by atoms with Crippen LogP contribution in [0.5, 0.6) is 0 Å². The molecule has 3 aromatic carbocycles. The van der Waals surface area contributed by atoms with Crippen LogP contribution < -0.4 is 14.7 Å². The quantitative estimate of drug-likeness (QED) is 0.152. The third-order valence-electron chi connectivity index (χ3n) is 8.75. The van der Waals surface area contributed by atoms with Crippen molar-refractivity contribution in [3.63, 3.8) is 0 Å². The summed E-state index contributed by atoms with van der Waals surface area (Å²) in [6, 6.07) is 42.1. The van der Waals surface area contributed by atoms with Crippen molar-refractivity contribution in [1.29, 1.82) is 0 Å². The van der Waals surface area contributed by atoms with Crippen LogP contribution >= 0.6 is 0 Å². The Morgan fingerprint density at radius 2 is 0.588 bits per heavy atom. The van der Waals surface area contributed by atoms with Crippen LogP contribution in [0.3, 0.4) is 0 Å². The SMILES string of the molecule is Cc1ccc(N(c2cc(N(c3ccc(C)cc3)c3ccc(C)cn3)nc(N(c3ccc(C)cc3)c3ccc(C)cn3)c2)c2ccc(C)cn2)cc1. The molecule has 51 heavy (non-hydrogen) atoms. The van der Waals surface area contributed by atoms with E-state index in [-0.39, 0.29) is 0 Å². The molecule has 0 amide bonds. The Morgan fingerprint density at radius 1 is 0.294 bits per heavy atom. The Balaban J connectivity index is 1.54. The standard InChI is InChI=1S/C44H41N7/c1-30-7-16-36(17-8-30)49(40-22-13-33(4)27-45-40)39-25-43(50(37-18-9-31(2)10-19-37)41-23-14-34(5)28-46-41)48-44(26-39)51(38-20-11-32(3)12-21-38)42-24-15-35(6)29-47-42/h7-29H,1-6H3. The first kappa shape index (κ1) is 33.2. The third-order valence-corrected chi connectivity index (χ3v) is 8.75. The molecule has 4 heterocycles. The van der Waals surface area contributed by atoms with E-state index >= 15 is 0 Å². The summed E-state index contributed by atoms with van der Waals surface area (Å²) < 4.78 is 0. The summed E-state index contributed by atoms with van der Waals surface area (Å²) in [5, 5.41) is 0. The van der Waals surface area contributed by atoms with Gasteiger partial charge in [0.2, 0.25) is 0 Å². The molecular formula is C44H41N7. The maximum atomic E-state index is 5.45. The first-order valence-electron chi connectivity index (χ1n) is 17.1. The van der Waals surface area contributed by atoms with Crippen molar-refractivity contribution in [1.82, 2.24) is 19.9 Å². The minimum absolute atomic E-state index is 0.691. The number of rotatable bonds is 9. The van der Waals surface area contributed by atoms with Crippen molar-refractivity contribution in [3.8, 4) is 0 Å². The van der Waals surface area contributed by atoms with Crippen LogP contribution in [0.25, 0.3) is 0 Å². The molecule has 0 radical (unpaired) electrons. The van der Waals surface area contributed by atoms with E-state index in [1.54, 1.807) is 0 Å². The molecule has 252 valence electrons. The molecular weight excluding hydrogens is 627 g/mol. The highest BCUT2D eigenvalue weighted by Crippen LogP contribution is 2.43. The number of hydrogen-bond acceptors (Lipinski definition) is 7. The van der Waals surface area contributed by atoms with E-state index in [2.05, 4.69) is 152 Å². The van der Waals surface area contributed by atoms with Crippen LogP contribution in [0.4, 0.5) is 51.8 Å². The fourth-order valence-electron chi connectivity index (χ4n) is 5.88. The average Bonchev–Trinajstić information content (AvgIpc) is 3.13. The summed E-state index contributed by atoms with van der Waals surface area (Å²) in [6.07, 6.45) is 5.69. The van der Waals surface area contributed by atoms with Gasteiger partial charge in [-0.25, -0.2) is 19.9 Å². The summed E-state index contributed by atoms with van der Waals surface area (Å²) in [5.41, 5.74) is 10.5. The maximum absolute atomic E-state index is 5.45. The molecule has 0 saturated heterocycles. The largest absolute Gasteiger partial charge is 0.295 e. The van der Waals surface area contributed by atoms with Gasteiger partial charge in [0.05, 0.1) is 5.69 Å². The summed E-state index contributed by atoms with van der Waals surface area (Å²) in [4.78, 5) is 26.6. The molecule has 0 bridgehead atoms. The molecule has 0 aliphatic heterocycles. The zero-order chi connectivity index (χ0) is 35.5. The number of aryl methyl sites for hydroxylation is 6. The smallest absolute Gasteiger partial charge is 0.143 e. The fourth-order valence-corrected chi connectivity index (χ4v) is 5.88. The molecule has 0 aliphatic carbocycles. The van der Waals surface area contributed by atoms with Gasteiger partial charge in [-0.2, -0.15) is 0 Å². The maximum Gasteiger partial charge on any atom is 0.143 e. The van der Waals surface area contributed by atoms with Gasteiger partial charge in [0.1, 0.15) is 29.1 Å². The van der Waals surface area contributed by atoms with Gasteiger partial charge in [0.15, 0.2) is 0 Å². The van der Waals surface area contributed by atoms with Gasteiger partial charge >= 0.3 is 0 Å². The van der Waals surface area contributed by atoms with Crippen molar-refractivity contribution < 1.29 is 0 Å². The van der Waals surface area contributed by atoms with E-state index in [4.69, 9.17) is 19.9 Å². The van der Waals surface area contributed by atoms with Gasteiger partial charge in [-0.05, 0) is 113 Å². The fraction of sp³-hybridized carbons (Fsp3) is 0.136. The number of aromatic nitrogens is 4. The molecule has 0 fully saturated rings. The van der Waals surface area contributed by atoms with Gasteiger partial charge < -0.3 is 0 Å². The van der Waals surface area contributed by atoms with E-state index in [9.17, 15) is 0 Å². The van der Waals surface area contributed by atoms with Gasteiger partial charge in [-0.15, -0.1) is 0 Å². The minimum atomic E-state index is 0.691. The highest BCUT2D eigenvalue weighted by molar-refractivity contribution is 5.84. The Kier molecular flexibility index (Phi) is 9.27. The average molecular weight is 668 g/mol. The molecule has 7 rings (SSSR count). The van der Waals surface area contributed by atoms with Crippen molar-refractivity contribution >= 4 is 51.8 Å². The normalized spacial score (nSPS) is 10.9.